The zero-order chi connectivity index (χ0) is 8.53. The molecule has 0 rings (SSSR count). The van der Waals surface area contributed by atoms with Gasteiger partial charge in [-0.05, 0) is 12.3 Å². The van der Waals surface area contributed by atoms with Crippen LogP contribution in [0.2, 0.25) is 0 Å². The van der Waals surface area contributed by atoms with Gasteiger partial charge in [0.25, 0.3) is 0 Å². The fraction of sp³-hybridized carbons (Fsp3) is 0.875. The largest absolute Gasteiger partial charge is 0.359 e. The first-order valence-electron chi connectivity index (χ1n) is 3.81. The van der Waals surface area contributed by atoms with E-state index >= 15 is 0 Å². The predicted molar refractivity (Wildman–Crippen MR) is 42.3 cm³/mol. The summed E-state index contributed by atoms with van der Waals surface area (Å²) in [6.07, 6.45) is 2.46. The van der Waals surface area contributed by atoms with E-state index in [0.29, 0.717) is 25.7 Å². The van der Waals surface area contributed by atoms with Crippen molar-refractivity contribution in [3.63, 3.8) is 0 Å². The summed E-state index contributed by atoms with van der Waals surface area (Å²) < 4.78 is 9.81. The smallest absolute Gasteiger partial charge is 0.146 e. The summed E-state index contributed by atoms with van der Waals surface area (Å²) in [4.78, 5) is 9.97. The average molecular weight is 160 g/mol. The number of hydrogen-bond acceptors (Lipinski definition) is 3. The number of ether oxygens (including phenoxy) is 2. The van der Waals surface area contributed by atoms with Gasteiger partial charge in [0, 0.05) is 13.5 Å². The van der Waals surface area contributed by atoms with E-state index in [2.05, 4.69) is 6.92 Å². The number of hydrogen-bond donors (Lipinski definition) is 0. The molecule has 0 unspecified atom stereocenters. The minimum atomic E-state index is 0.339. The molecule has 0 amide bonds. The van der Waals surface area contributed by atoms with Crippen LogP contribution in [0.25, 0.3) is 0 Å². The normalized spacial score (nSPS) is 12.9. The van der Waals surface area contributed by atoms with E-state index in [9.17, 15) is 4.79 Å². The summed E-state index contributed by atoms with van der Waals surface area (Å²) in [5.41, 5.74) is 0. The fourth-order valence-electron chi connectivity index (χ4n) is 0.769. The molecule has 0 fully saturated rings. The van der Waals surface area contributed by atoms with Crippen molar-refractivity contribution in [2.75, 3.05) is 20.5 Å². The van der Waals surface area contributed by atoms with Crippen LogP contribution in [0.5, 0.6) is 0 Å². The van der Waals surface area contributed by atoms with Crippen molar-refractivity contribution in [3.05, 3.63) is 0 Å². The van der Waals surface area contributed by atoms with Crippen LogP contribution in [0.1, 0.15) is 19.8 Å². The highest BCUT2D eigenvalue weighted by atomic mass is 16.7. The maximum absolute atomic E-state index is 9.97. The van der Waals surface area contributed by atoms with Gasteiger partial charge in [0.1, 0.15) is 13.1 Å². The molecule has 11 heavy (non-hydrogen) atoms. The van der Waals surface area contributed by atoms with Crippen LogP contribution in [-0.4, -0.2) is 26.8 Å². The Bertz CT molecular complexity index is 93.3. The SMILES string of the molecule is COCOC[C@H](C)CCC=O. The molecule has 0 aromatic carbocycles. The molecule has 0 bridgehead atoms. The molecule has 0 aliphatic rings. The first-order valence-corrected chi connectivity index (χ1v) is 3.81. The number of aldehydes is 1. The molecule has 0 saturated heterocycles. The molecule has 1 atom stereocenters. The first kappa shape index (κ1) is 10.6. The highest BCUT2D eigenvalue weighted by molar-refractivity contribution is 5.49. The van der Waals surface area contributed by atoms with Crippen LogP contribution in [0.3, 0.4) is 0 Å². The second kappa shape index (κ2) is 7.69. The van der Waals surface area contributed by atoms with E-state index < -0.39 is 0 Å². The van der Waals surface area contributed by atoms with Gasteiger partial charge in [-0.3, -0.25) is 0 Å². The molecule has 0 aromatic rings. The summed E-state index contributed by atoms with van der Waals surface area (Å²) in [6, 6.07) is 0. The highest BCUT2D eigenvalue weighted by Gasteiger charge is 2.00. The molecule has 0 spiro atoms. The molecule has 0 saturated carbocycles. The van der Waals surface area contributed by atoms with Crippen molar-refractivity contribution in [1.29, 1.82) is 0 Å². The number of rotatable bonds is 7. The third kappa shape index (κ3) is 7.49. The molecule has 0 heterocycles. The molecule has 0 radical (unpaired) electrons. The van der Waals surface area contributed by atoms with Crippen molar-refractivity contribution in [3.8, 4) is 0 Å². The minimum Gasteiger partial charge on any atom is -0.359 e. The lowest BCUT2D eigenvalue weighted by molar-refractivity contribution is -0.108. The van der Waals surface area contributed by atoms with Crippen molar-refractivity contribution >= 4 is 6.29 Å². The Morgan fingerprint density at radius 3 is 2.82 bits per heavy atom. The van der Waals surface area contributed by atoms with Gasteiger partial charge in [0.15, 0.2) is 0 Å². The van der Waals surface area contributed by atoms with Crippen molar-refractivity contribution in [1.82, 2.24) is 0 Å². The Labute approximate surface area is 67.7 Å². The second-order valence-electron chi connectivity index (χ2n) is 2.63. The molecule has 0 aliphatic carbocycles. The zero-order valence-electron chi connectivity index (χ0n) is 7.21. The van der Waals surface area contributed by atoms with Crippen molar-refractivity contribution in [2.24, 2.45) is 5.92 Å². The topological polar surface area (TPSA) is 35.5 Å². The molecule has 0 N–H and O–H groups in total. The van der Waals surface area contributed by atoms with Crippen LogP contribution in [-0.2, 0) is 14.3 Å². The lowest BCUT2D eigenvalue weighted by Crippen LogP contribution is -2.07. The van der Waals surface area contributed by atoms with Crippen molar-refractivity contribution < 1.29 is 14.3 Å². The molecule has 0 aliphatic heterocycles. The van der Waals surface area contributed by atoms with Crippen LogP contribution in [0, 0.1) is 5.92 Å². The zero-order valence-corrected chi connectivity index (χ0v) is 7.21. The lowest BCUT2D eigenvalue weighted by Gasteiger charge is -2.08. The summed E-state index contributed by atoms with van der Waals surface area (Å²) in [6.45, 7) is 3.06. The van der Waals surface area contributed by atoms with E-state index in [-0.39, 0.29) is 0 Å². The van der Waals surface area contributed by atoms with Crippen LogP contribution < -0.4 is 0 Å². The van der Waals surface area contributed by atoms with Gasteiger partial charge in [-0.25, -0.2) is 0 Å². The number of methoxy groups -OCH3 is 1. The monoisotopic (exact) mass is 160 g/mol. The minimum absolute atomic E-state index is 0.339. The highest BCUT2D eigenvalue weighted by Crippen LogP contribution is 2.03. The molecule has 3 nitrogen and oxygen atoms in total. The summed E-state index contributed by atoms with van der Waals surface area (Å²) in [5, 5.41) is 0. The van der Waals surface area contributed by atoms with Crippen LogP contribution >= 0.6 is 0 Å². The third-order valence-electron chi connectivity index (χ3n) is 1.38. The van der Waals surface area contributed by atoms with E-state index in [1.54, 1.807) is 7.11 Å². The predicted octanol–water partition coefficient (Wildman–Crippen LogP) is 1.22. The van der Waals surface area contributed by atoms with Crippen LogP contribution in [0.15, 0.2) is 0 Å². The Kier molecular flexibility index (Phi) is 7.41. The van der Waals surface area contributed by atoms with E-state index in [1.807, 2.05) is 0 Å². The van der Waals surface area contributed by atoms with E-state index in [4.69, 9.17) is 9.47 Å². The van der Waals surface area contributed by atoms with Gasteiger partial charge >= 0.3 is 0 Å². The van der Waals surface area contributed by atoms with E-state index in [0.717, 1.165) is 12.7 Å². The van der Waals surface area contributed by atoms with Gasteiger partial charge in [-0.2, -0.15) is 0 Å². The Hall–Kier alpha value is -0.410. The molecule has 0 aromatic heterocycles. The Morgan fingerprint density at radius 1 is 1.55 bits per heavy atom. The molecule has 3 heteroatoms. The average Bonchev–Trinajstić information content (AvgIpc) is 2.01. The van der Waals surface area contributed by atoms with Gasteiger partial charge in [0.2, 0.25) is 0 Å². The maximum Gasteiger partial charge on any atom is 0.146 e. The van der Waals surface area contributed by atoms with Gasteiger partial charge in [-0.1, -0.05) is 6.92 Å². The van der Waals surface area contributed by atoms with Crippen molar-refractivity contribution in [2.45, 2.75) is 19.8 Å². The summed E-state index contributed by atoms with van der Waals surface area (Å²) >= 11 is 0. The maximum atomic E-state index is 9.97. The Morgan fingerprint density at radius 2 is 2.27 bits per heavy atom. The van der Waals surface area contributed by atoms with E-state index in [1.165, 1.54) is 0 Å². The number of carbonyl (C=O) groups excluding carboxylic acids is 1. The van der Waals surface area contributed by atoms with Gasteiger partial charge in [-0.15, -0.1) is 0 Å². The molecular weight excluding hydrogens is 144 g/mol. The standard InChI is InChI=1S/C8H16O3/c1-8(4-3-5-9)6-11-7-10-2/h5,8H,3-4,6-7H2,1-2H3/t8-/m1/s1. The summed E-state index contributed by atoms with van der Waals surface area (Å²) in [7, 11) is 1.59. The molecular formula is C8H16O3. The third-order valence-corrected chi connectivity index (χ3v) is 1.38. The second-order valence-corrected chi connectivity index (χ2v) is 2.63. The lowest BCUT2D eigenvalue weighted by atomic mass is 10.1. The first-order chi connectivity index (χ1) is 5.31. The number of carbonyl (C=O) groups is 1. The van der Waals surface area contributed by atoms with Gasteiger partial charge in [0.05, 0.1) is 6.61 Å². The summed E-state index contributed by atoms with van der Waals surface area (Å²) in [5.74, 6) is 0.440. The van der Waals surface area contributed by atoms with Crippen LogP contribution in [0.4, 0.5) is 0 Å². The Balaban J connectivity index is 3.08. The molecule has 66 valence electrons. The van der Waals surface area contributed by atoms with Gasteiger partial charge < -0.3 is 14.3 Å². The quantitative estimate of drug-likeness (QED) is 0.319. The fourth-order valence-corrected chi connectivity index (χ4v) is 0.769.